The van der Waals surface area contributed by atoms with E-state index in [1.54, 1.807) is 0 Å². The minimum atomic E-state index is -4.39. The lowest BCUT2D eigenvalue weighted by Gasteiger charge is -2.19. The average Bonchev–Trinajstić information content (AvgIpc) is 3.20. The van der Waals surface area contributed by atoms with E-state index in [1.807, 2.05) is 0 Å². The van der Waals surface area contributed by atoms with Gasteiger partial charge in [-0.05, 0) is 51.4 Å². The fraction of sp³-hybridized carbons (Fsp3) is 0.830. The van der Waals surface area contributed by atoms with Crippen LogP contribution in [0.5, 0.6) is 0 Å². The van der Waals surface area contributed by atoms with Gasteiger partial charge in [0.25, 0.3) is 0 Å². The Bertz CT molecular complexity index is 1030. The van der Waals surface area contributed by atoms with Gasteiger partial charge in [-0.3, -0.25) is 18.6 Å². The molecule has 0 spiro atoms. The summed E-state index contributed by atoms with van der Waals surface area (Å²) in [7, 11) is -4.39. The Labute approximate surface area is 350 Å². The van der Waals surface area contributed by atoms with Crippen LogP contribution in [-0.4, -0.2) is 49.3 Å². The SMILES string of the molecule is CCCCC/C=C/C/C=C/C/C=C/CCCCC(=O)O[C@@H](COC(=O)CCCCCCCCCCCCCCCCCCCCCCC)COP(=O)(O)OCCN. The van der Waals surface area contributed by atoms with Crippen molar-refractivity contribution in [2.45, 2.75) is 225 Å². The Morgan fingerprint density at radius 3 is 1.39 bits per heavy atom. The van der Waals surface area contributed by atoms with Crippen LogP contribution in [0.1, 0.15) is 219 Å². The molecule has 0 aliphatic heterocycles. The lowest BCUT2D eigenvalue weighted by Crippen LogP contribution is -2.29. The summed E-state index contributed by atoms with van der Waals surface area (Å²) in [6.07, 6.45) is 49.0. The van der Waals surface area contributed by atoms with Crippen LogP contribution in [0.2, 0.25) is 0 Å². The van der Waals surface area contributed by atoms with E-state index in [1.165, 1.54) is 135 Å². The number of allylic oxidation sites excluding steroid dienone is 6. The Morgan fingerprint density at radius 1 is 0.526 bits per heavy atom. The zero-order valence-corrected chi connectivity index (χ0v) is 37.7. The summed E-state index contributed by atoms with van der Waals surface area (Å²) in [6.45, 7) is 3.68. The van der Waals surface area contributed by atoms with Crippen LogP contribution in [0.4, 0.5) is 0 Å². The molecular formula is C47H88NO8P. The van der Waals surface area contributed by atoms with E-state index in [-0.39, 0.29) is 38.6 Å². The molecule has 0 aliphatic rings. The summed E-state index contributed by atoms with van der Waals surface area (Å²) in [5.41, 5.74) is 5.35. The van der Waals surface area contributed by atoms with E-state index < -0.39 is 26.5 Å². The fourth-order valence-corrected chi connectivity index (χ4v) is 7.29. The van der Waals surface area contributed by atoms with E-state index in [0.717, 1.165) is 51.4 Å². The number of hydrogen-bond acceptors (Lipinski definition) is 8. The van der Waals surface area contributed by atoms with Crippen LogP contribution >= 0.6 is 7.82 Å². The molecule has 10 heteroatoms. The van der Waals surface area contributed by atoms with Crippen molar-refractivity contribution < 1.29 is 37.6 Å². The monoisotopic (exact) mass is 826 g/mol. The van der Waals surface area contributed by atoms with Gasteiger partial charge in [-0.1, -0.05) is 192 Å². The maximum absolute atomic E-state index is 12.6. The van der Waals surface area contributed by atoms with Crippen molar-refractivity contribution in [2.24, 2.45) is 5.73 Å². The number of ether oxygens (including phenoxy) is 2. The van der Waals surface area contributed by atoms with E-state index in [0.29, 0.717) is 6.42 Å². The van der Waals surface area contributed by atoms with E-state index in [4.69, 9.17) is 24.3 Å². The Kier molecular flexibility index (Phi) is 42.4. The number of esters is 2. The first-order valence-corrected chi connectivity index (χ1v) is 25.0. The molecule has 0 bridgehead atoms. The van der Waals surface area contributed by atoms with Gasteiger partial charge in [0.2, 0.25) is 0 Å². The van der Waals surface area contributed by atoms with Crippen LogP contribution in [0.15, 0.2) is 36.5 Å². The summed E-state index contributed by atoms with van der Waals surface area (Å²) < 4.78 is 32.8. The van der Waals surface area contributed by atoms with Gasteiger partial charge in [0.1, 0.15) is 6.61 Å². The topological polar surface area (TPSA) is 134 Å². The highest BCUT2D eigenvalue weighted by atomic mass is 31.2. The molecule has 0 aromatic carbocycles. The molecule has 57 heavy (non-hydrogen) atoms. The average molecular weight is 826 g/mol. The number of unbranched alkanes of at least 4 members (excludes halogenated alkanes) is 25. The molecule has 1 unspecified atom stereocenters. The molecule has 0 amide bonds. The Balaban J connectivity index is 4.09. The standard InChI is InChI=1S/C47H88NO8P/c1-3-5-7-9-11-13-15-17-19-20-21-22-23-24-26-27-29-31-33-35-37-39-46(49)53-43-45(44-55-57(51,52)54-42-41-48)56-47(50)40-38-36-34-32-30-28-25-18-16-14-12-10-8-6-4-2/h12,14,18,25,30,32,45H,3-11,13,15-17,19-24,26-29,31,33-44,48H2,1-2H3,(H,51,52)/b14-12+,25-18+,32-30+/t45-/m0/s1. The van der Waals surface area contributed by atoms with Crippen molar-refractivity contribution >= 4 is 19.8 Å². The van der Waals surface area contributed by atoms with Gasteiger partial charge in [0.05, 0.1) is 13.2 Å². The second-order valence-corrected chi connectivity index (χ2v) is 17.1. The van der Waals surface area contributed by atoms with E-state index in [9.17, 15) is 19.0 Å². The predicted octanol–water partition coefficient (Wildman–Crippen LogP) is 13.7. The van der Waals surface area contributed by atoms with E-state index in [2.05, 4.69) is 50.3 Å². The molecule has 0 saturated heterocycles. The summed E-state index contributed by atoms with van der Waals surface area (Å²) >= 11 is 0. The molecular weight excluding hydrogens is 737 g/mol. The summed E-state index contributed by atoms with van der Waals surface area (Å²) in [4.78, 5) is 34.9. The van der Waals surface area contributed by atoms with Crippen LogP contribution in [-0.2, 0) is 32.7 Å². The van der Waals surface area contributed by atoms with Gasteiger partial charge >= 0.3 is 19.8 Å². The molecule has 0 aliphatic carbocycles. The molecule has 2 atom stereocenters. The lowest BCUT2D eigenvalue weighted by molar-refractivity contribution is -0.161. The number of rotatable bonds is 44. The summed E-state index contributed by atoms with van der Waals surface area (Å²) in [5, 5.41) is 0. The molecule has 0 aromatic rings. The van der Waals surface area contributed by atoms with Crippen molar-refractivity contribution in [3.05, 3.63) is 36.5 Å². The smallest absolute Gasteiger partial charge is 0.462 e. The quantitative estimate of drug-likeness (QED) is 0.0266. The van der Waals surface area contributed by atoms with Crippen molar-refractivity contribution in [3.63, 3.8) is 0 Å². The number of nitrogens with two attached hydrogens (primary N) is 1. The van der Waals surface area contributed by atoms with Crippen LogP contribution in [0.3, 0.4) is 0 Å². The fourth-order valence-electron chi connectivity index (χ4n) is 6.52. The molecule has 0 rings (SSSR count). The summed E-state index contributed by atoms with van der Waals surface area (Å²) in [6, 6.07) is 0. The van der Waals surface area contributed by atoms with Crippen molar-refractivity contribution in [3.8, 4) is 0 Å². The second-order valence-electron chi connectivity index (χ2n) is 15.6. The highest BCUT2D eigenvalue weighted by Crippen LogP contribution is 2.43. The van der Waals surface area contributed by atoms with Gasteiger partial charge in [0, 0.05) is 19.4 Å². The second kappa shape index (κ2) is 43.8. The molecule has 0 fully saturated rings. The number of carbonyl (C=O) groups excluding carboxylic acids is 2. The number of phosphoric acid groups is 1. The molecule has 9 nitrogen and oxygen atoms in total. The Hall–Kier alpha value is -1.77. The first-order chi connectivity index (χ1) is 27.8. The zero-order chi connectivity index (χ0) is 41.8. The molecule has 0 radical (unpaired) electrons. The molecule has 0 saturated carbocycles. The van der Waals surface area contributed by atoms with Gasteiger partial charge < -0.3 is 20.1 Å². The highest BCUT2D eigenvalue weighted by molar-refractivity contribution is 7.47. The van der Waals surface area contributed by atoms with Gasteiger partial charge in [-0.15, -0.1) is 0 Å². The molecule has 0 heterocycles. The van der Waals surface area contributed by atoms with Crippen LogP contribution in [0, 0.1) is 0 Å². The van der Waals surface area contributed by atoms with E-state index >= 15 is 0 Å². The van der Waals surface area contributed by atoms with Gasteiger partial charge in [-0.2, -0.15) is 0 Å². The molecule has 334 valence electrons. The first-order valence-electron chi connectivity index (χ1n) is 23.5. The zero-order valence-electron chi connectivity index (χ0n) is 36.8. The van der Waals surface area contributed by atoms with Crippen molar-refractivity contribution in [1.82, 2.24) is 0 Å². The minimum absolute atomic E-state index is 0.0478. The first kappa shape index (κ1) is 55.2. The predicted molar refractivity (Wildman–Crippen MR) is 238 cm³/mol. The van der Waals surface area contributed by atoms with Crippen LogP contribution < -0.4 is 5.73 Å². The maximum atomic E-state index is 12.6. The summed E-state index contributed by atoms with van der Waals surface area (Å²) in [5.74, 6) is -0.866. The molecule has 3 N–H and O–H groups in total. The Morgan fingerprint density at radius 2 is 0.912 bits per heavy atom. The van der Waals surface area contributed by atoms with Crippen molar-refractivity contribution in [2.75, 3.05) is 26.4 Å². The minimum Gasteiger partial charge on any atom is -0.462 e. The number of hydrogen-bond donors (Lipinski definition) is 2. The lowest BCUT2D eigenvalue weighted by atomic mass is 10.0. The largest absolute Gasteiger partial charge is 0.472 e. The number of phosphoric ester groups is 1. The van der Waals surface area contributed by atoms with Gasteiger partial charge in [-0.25, -0.2) is 4.57 Å². The third-order valence-corrected chi connectivity index (χ3v) is 11.0. The van der Waals surface area contributed by atoms with Gasteiger partial charge in [0.15, 0.2) is 6.10 Å². The molecule has 0 aromatic heterocycles. The number of carbonyl (C=O) groups is 2. The van der Waals surface area contributed by atoms with Crippen LogP contribution in [0.25, 0.3) is 0 Å². The highest BCUT2D eigenvalue weighted by Gasteiger charge is 2.26. The maximum Gasteiger partial charge on any atom is 0.472 e. The van der Waals surface area contributed by atoms with Crippen molar-refractivity contribution in [1.29, 1.82) is 0 Å². The third-order valence-electron chi connectivity index (χ3n) is 10.0. The third kappa shape index (κ3) is 43.6. The normalized spacial score (nSPS) is 13.5.